The lowest BCUT2D eigenvalue weighted by Crippen LogP contribution is -2.25. The van der Waals surface area contributed by atoms with Crippen molar-refractivity contribution in [1.82, 2.24) is 0 Å². The molecule has 0 amide bonds. The van der Waals surface area contributed by atoms with E-state index in [4.69, 9.17) is 9.52 Å². The van der Waals surface area contributed by atoms with E-state index in [-0.39, 0.29) is 11.8 Å². The van der Waals surface area contributed by atoms with E-state index < -0.39 is 5.97 Å². The number of aliphatic carboxylic acids is 1. The summed E-state index contributed by atoms with van der Waals surface area (Å²) in [6.07, 6.45) is 3.84. The van der Waals surface area contributed by atoms with Gasteiger partial charge in [0.15, 0.2) is 0 Å². The number of rotatable bonds is 2. The fraction of sp³-hybridized carbons (Fsp3) is 0.583. The Morgan fingerprint density at radius 1 is 1.40 bits per heavy atom. The molecular formula is C12H16O3. The van der Waals surface area contributed by atoms with Crippen LogP contribution in [0.2, 0.25) is 0 Å². The van der Waals surface area contributed by atoms with Crippen molar-refractivity contribution in [2.24, 2.45) is 5.92 Å². The third-order valence-electron chi connectivity index (χ3n) is 3.21. The second-order valence-corrected chi connectivity index (χ2v) is 4.28. The normalized spacial score (nSPS) is 26.5. The van der Waals surface area contributed by atoms with Crippen LogP contribution < -0.4 is 0 Å². The quantitative estimate of drug-likeness (QED) is 0.812. The van der Waals surface area contributed by atoms with Crippen LogP contribution in [0, 0.1) is 12.8 Å². The van der Waals surface area contributed by atoms with Crippen molar-refractivity contribution in [2.75, 3.05) is 0 Å². The molecule has 0 aliphatic heterocycles. The van der Waals surface area contributed by atoms with E-state index >= 15 is 0 Å². The van der Waals surface area contributed by atoms with Crippen molar-refractivity contribution in [3.8, 4) is 0 Å². The van der Waals surface area contributed by atoms with Crippen LogP contribution in [-0.2, 0) is 4.79 Å². The van der Waals surface area contributed by atoms with Crippen LogP contribution >= 0.6 is 0 Å². The number of carbonyl (C=O) groups is 1. The molecule has 1 aliphatic carbocycles. The number of hydrogen-bond donors (Lipinski definition) is 1. The molecule has 1 fully saturated rings. The predicted octanol–water partition coefficient (Wildman–Crippen LogP) is 2.95. The average molecular weight is 208 g/mol. The van der Waals surface area contributed by atoms with E-state index in [0.717, 1.165) is 37.2 Å². The van der Waals surface area contributed by atoms with Gasteiger partial charge in [-0.25, -0.2) is 0 Å². The zero-order chi connectivity index (χ0) is 10.8. The highest BCUT2D eigenvalue weighted by molar-refractivity contribution is 5.71. The molecule has 1 aromatic heterocycles. The molecule has 0 saturated heterocycles. The second-order valence-electron chi connectivity index (χ2n) is 4.28. The molecule has 0 radical (unpaired) electrons. The highest BCUT2D eigenvalue weighted by Gasteiger charge is 2.33. The number of furan rings is 1. The van der Waals surface area contributed by atoms with Gasteiger partial charge in [-0.1, -0.05) is 12.8 Å². The van der Waals surface area contributed by atoms with Gasteiger partial charge in [-0.2, -0.15) is 0 Å². The number of aryl methyl sites for hydroxylation is 1. The summed E-state index contributed by atoms with van der Waals surface area (Å²) in [5.41, 5.74) is 0. The van der Waals surface area contributed by atoms with Gasteiger partial charge in [-0.15, -0.1) is 0 Å². The van der Waals surface area contributed by atoms with Crippen LogP contribution in [0.1, 0.15) is 43.1 Å². The third-order valence-corrected chi connectivity index (χ3v) is 3.21. The summed E-state index contributed by atoms with van der Waals surface area (Å²) in [6, 6.07) is 3.82. The predicted molar refractivity (Wildman–Crippen MR) is 55.8 cm³/mol. The minimum absolute atomic E-state index is 0.0740. The van der Waals surface area contributed by atoms with Crippen LogP contribution in [0.5, 0.6) is 0 Å². The summed E-state index contributed by atoms with van der Waals surface area (Å²) in [5, 5.41) is 9.14. The smallest absolute Gasteiger partial charge is 0.307 e. The topological polar surface area (TPSA) is 50.4 Å². The largest absolute Gasteiger partial charge is 0.481 e. The first kappa shape index (κ1) is 10.3. The van der Waals surface area contributed by atoms with E-state index in [1.807, 2.05) is 19.1 Å². The molecule has 82 valence electrons. The molecule has 3 nitrogen and oxygen atoms in total. The lowest BCUT2D eigenvalue weighted by molar-refractivity contribution is -0.143. The SMILES string of the molecule is Cc1ccc(C2CCCCC2C(=O)O)o1. The Hall–Kier alpha value is -1.25. The molecular weight excluding hydrogens is 192 g/mol. The van der Waals surface area contributed by atoms with Gasteiger partial charge in [0.2, 0.25) is 0 Å². The molecule has 2 unspecified atom stereocenters. The van der Waals surface area contributed by atoms with Crippen LogP contribution in [0.4, 0.5) is 0 Å². The zero-order valence-corrected chi connectivity index (χ0v) is 8.90. The second kappa shape index (κ2) is 4.09. The molecule has 1 saturated carbocycles. The highest BCUT2D eigenvalue weighted by atomic mass is 16.4. The van der Waals surface area contributed by atoms with Crippen molar-refractivity contribution in [2.45, 2.75) is 38.5 Å². The molecule has 2 rings (SSSR count). The number of hydrogen-bond acceptors (Lipinski definition) is 2. The van der Waals surface area contributed by atoms with E-state index in [1.54, 1.807) is 0 Å². The molecule has 3 heteroatoms. The van der Waals surface area contributed by atoms with Gasteiger partial charge < -0.3 is 9.52 Å². The molecule has 0 aromatic carbocycles. The monoisotopic (exact) mass is 208 g/mol. The van der Waals surface area contributed by atoms with Gasteiger partial charge in [0.1, 0.15) is 11.5 Å². The highest BCUT2D eigenvalue weighted by Crippen LogP contribution is 2.38. The first-order valence-electron chi connectivity index (χ1n) is 5.47. The van der Waals surface area contributed by atoms with Gasteiger partial charge in [-0.3, -0.25) is 4.79 Å². The summed E-state index contributed by atoms with van der Waals surface area (Å²) in [5.74, 6) is 0.835. The fourth-order valence-corrected chi connectivity index (χ4v) is 2.42. The molecule has 1 aromatic rings. The van der Waals surface area contributed by atoms with E-state index in [1.165, 1.54) is 0 Å². The summed E-state index contributed by atoms with van der Waals surface area (Å²) >= 11 is 0. The molecule has 1 heterocycles. The Bertz CT molecular complexity index is 354. The lowest BCUT2D eigenvalue weighted by Gasteiger charge is -2.26. The standard InChI is InChI=1S/C12H16O3/c1-8-6-7-11(15-8)9-4-2-3-5-10(9)12(13)14/h6-7,9-10H,2-5H2,1H3,(H,13,14). The molecule has 0 bridgehead atoms. The van der Waals surface area contributed by atoms with Gasteiger partial charge in [-0.05, 0) is 31.9 Å². The summed E-state index contributed by atoms with van der Waals surface area (Å²) in [4.78, 5) is 11.1. The molecule has 1 aliphatic rings. The maximum absolute atomic E-state index is 11.1. The zero-order valence-electron chi connectivity index (χ0n) is 8.90. The van der Waals surface area contributed by atoms with Crippen LogP contribution in [-0.4, -0.2) is 11.1 Å². The van der Waals surface area contributed by atoms with Crippen molar-refractivity contribution in [3.05, 3.63) is 23.7 Å². The average Bonchev–Trinajstić information content (AvgIpc) is 2.65. The van der Waals surface area contributed by atoms with Gasteiger partial charge in [0.05, 0.1) is 5.92 Å². The third kappa shape index (κ3) is 2.06. The van der Waals surface area contributed by atoms with Gasteiger partial charge in [0.25, 0.3) is 0 Å². The molecule has 2 atom stereocenters. The maximum atomic E-state index is 11.1. The van der Waals surface area contributed by atoms with Crippen LogP contribution in [0.25, 0.3) is 0 Å². The maximum Gasteiger partial charge on any atom is 0.307 e. The number of carboxylic acid groups (broad SMARTS) is 1. The van der Waals surface area contributed by atoms with Crippen LogP contribution in [0.15, 0.2) is 16.5 Å². The minimum atomic E-state index is -0.686. The van der Waals surface area contributed by atoms with Crippen LogP contribution in [0.3, 0.4) is 0 Å². The Labute approximate surface area is 89.1 Å². The van der Waals surface area contributed by atoms with E-state index in [9.17, 15) is 4.79 Å². The Balaban J connectivity index is 2.21. The summed E-state index contributed by atoms with van der Waals surface area (Å²) in [6.45, 7) is 1.89. The first-order valence-corrected chi connectivity index (χ1v) is 5.47. The fourth-order valence-electron chi connectivity index (χ4n) is 2.42. The van der Waals surface area contributed by atoms with E-state index in [0.29, 0.717) is 0 Å². The Morgan fingerprint density at radius 3 is 2.73 bits per heavy atom. The first-order chi connectivity index (χ1) is 7.18. The Morgan fingerprint density at radius 2 is 2.13 bits per heavy atom. The van der Waals surface area contributed by atoms with Crippen molar-refractivity contribution < 1.29 is 14.3 Å². The summed E-state index contributed by atoms with van der Waals surface area (Å²) < 4.78 is 5.54. The number of carboxylic acids is 1. The summed E-state index contributed by atoms with van der Waals surface area (Å²) in [7, 11) is 0. The lowest BCUT2D eigenvalue weighted by atomic mass is 9.78. The molecule has 15 heavy (non-hydrogen) atoms. The minimum Gasteiger partial charge on any atom is -0.481 e. The van der Waals surface area contributed by atoms with Crippen molar-refractivity contribution >= 4 is 5.97 Å². The van der Waals surface area contributed by atoms with Crippen molar-refractivity contribution in [1.29, 1.82) is 0 Å². The molecule has 0 spiro atoms. The Kier molecular flexibility index (Phi) is 2.80. The van der Waals surface area contributed by atoms with Crippen molar-refractivity contribution in [3.63, 3.8) is 0 Å². The van der Waals surface area contributed by atoms with Gasteiger partial charge in [0, 0.05) is 5.92 Å². The molecule has 1 N–H and O–H groups in total. The van der Waals surface area contributed by atoms with Gasteiger partial charge >= 0.3 is 5.97 Å². The van der Waals surface area contributed by atoms with E-state index in [2.05, 4.69) is 0 Å².